The zero-order chi connectivity index (χ0) is 23.8. The number of hydrogen-bond donors (Lipinski definition) is 0. The number of benzene rings is 1. The van der Waals surface area contributed by atoms with Crippen molar-refractivity contribution in [2.45, 2.75) is 50.5 Å². The van der Waals surface area contributed by atoms with Gasteiger partial charge in [-0.2, -0.15) is 4.31 Å². The molecule has 0 saturated carbocycles. The number of aromatic nitrogens is 1. The van der Waals surface area contributed by atoms with E-state index in [1.165, 1.54) is 4.31 Å². The van der Waals surface area contributed by atoms with E-state index in [-0.39, 0.29) is 28.5 Å². The number of methoxy groups -OCH3 is 2. The molecule has 1 aromatic carbocycles. The SMILES string of the molecule is COc1ccc(OC)c([C@@H]2CCCN2C(=O)C2CCN(S(=O)(=O)c3c(C)noc3C)CC2)c1. The molecule has 4 rings (SSSR count). The molecule has 1 amide bonds. The Morgan fingerprint density at radius 2 is 1.82 bits per heavy atom. The van der Waals surface area contributed by atoms with Crippen LogP contribution in [-0.4, -0.2) is 62.5 Å². The standard InChI is InChI=1S/C23H31N3O6S/c1-15-22(16(2)32-24-15)33(28,29)25-12-9-17(10-13-25)23(27)26-11-5-6-20(26)19-14-18(30-3)7-8-21(19)31-4/h7-8,14,17,20H,5-6,9-13H2,1-4H3/t20-/m0/s1. The highest BCUT2D eigenvalue weighted by Crippen LogP contribution is 2.40. The van der Waals surface area contributed by atoms with E-state index in [0.717, 1.165) is 29.9 Å². The molecule has 1 aromatic heterocycles. The number of ether oxygens (including phenoxy) is 2. The molecule has 2 saturated heterocycles. The number of carbonyl (C=O) groups excluding carboxylic acids is 1. The maximum atomic E-state index is 13.5. The van der Waals surface area contributed by atoms with Gasteiger partial charge in [0.25, 0.3) is 0 Å². The fourth-order valence-electron chi connectivity index (χ4n) is 5.00. The lowest BCUT2D eigenvalue weighted by Gasteiger charge is -2.34. The second kappa shape index (κ2) is 9.34. The molecule has 0 spiro atoms. The van der Waals surface area contributed by atoms with Crippen LogP contribution in [0.3, 0.4) is 0 Å². The van der Waals surface area contributed by atoms with Gasteiger partial charge in [-0.3, -0.25) is 4.79 Å². The number of rotatable bonds is 6. The highest BCUT2D eigenvalue weighted by Gasteiger charge is 2.39. The van der Waals surface area contributed by atoms with Crippen LogP contribution >= 0.6 is 0 Å². The first-order valence-corrected chi connectivity index (χ1v) is 12.7. The predicted octanol–water partition coefficient (Wildman–Crippen LogP) is 3.07. The zero-order valence-corrected chi connectivity index (χ0v) is 20.4. The van der Waals surface area contributed by atoms with Crippen molar-refractivity contribution in [1.82, 2.24) is 14.4 Å². The highest BCUT2D eigenvalue weighted by molar-refractivity contribution is 7.89. The first-order valence-electron chi connectivity index (χ1n) is 11.2. The maximum absolute atomic E-state index is 13.5. The van der Waals surface area contributed by atoms with Gasteiger partial charge in [-0.05, 0) is 57.7 Å². The molecule has 9 nitrogen and oxygen atoms in total. The van der Waals surface area contributed by atoms with E-state index in [9.17, 15) is 13.2 Å². The molecule has 10 heteroatoms. The maximum Gasteiger partial charge on any atom is 0.248 e. The molecule has 2 aliphatic rings. The number of sulfonamides is 1. The molecule has 3 heterocycles. The molecular formula is C23H31N3O6S. The molecule has 0 radical (unpaired) electrons. The third kappa shape index (κ3) is 4.33. The normalized spacial score (nSPS) is 20.2. The van der Waals surface area contributed by atoms with E-state index in [1.807, 2.05) is 23.1 Å². The zero-order valence-electron chi connectivity index (χ0n) is 19.5. The predicted molar refractivity (Wildman–Crippen MR) is 121 cm³/mol. The quantitative estimate of drug-likeness (QED) is 0.630. The van der Waals surface area contributed by atoms with Crippen molar-refractivity contribution in [3.8, 4) is 11.5 Å². The van der Waals surface area contributed by atoms with Gasteiger partial charge in [0.15, 0.2) is 5.76 Å². The van der Waals surface area contributed by atoms with Crippen LogP contribution in [0.25, 0.3) is 0 Å². The van der Waals surface area contributed by atoms with Crippen LogP contribution in [0.2, 0.25) is 0 Å². The summed E-state index contributed by atoms with van der Waals surface area (Å²) in [5.74, 6) is 1.62. The summed E-state index contributed by atoms with van der Waals surface area (Å²) in [4.78, 5) is 15.6. The summed E-state index contributed by atoms with van der Waals surface area (Å²) in [6.45, 7) is 4.50. The summed E-state index contributed by atoms with van der Waals surface area (Å²) in [5, 5.41) is 3.78. The molecule has 0 aliphatic carbocycles. The van der Waals surface area contributed by atoms with Gasteiger partial charge >= 0.3 is 0 Å². The van der Waals surface area contributed by atoms with E-state index in [4.69, 9.17) is 14.0 Å². The summed E-state index contributed by atoms with van der Waals surface area (Å²) < 4.78 is 43.6. The van der Waals surface area contributed by atoms with E-state index >= 15 is 0 Å². The van der Waals surface area contributed by atoms with Crippen LogP contribution in [0.15, 0.2) is 27.6 Å². The van der Waals surface area contributed by atoms with Crippen molar-refractivity contribution in [3.05, 3.63) is 35.2 Å². The number of hydrogen-bond acceptors (Lipinski definition) is 7. The average Bonchev–Trinajstić information content (AvgIpc) is 3.44. The van der Waals surface area contributed by atoms with Gasteiger partial charge in [-0.25, -0.2) is 8.42 Å². The minimum Gasteiger partial charge on any atom is -0.497 e. The third-order valence-corrected chi connectivity index (χ3v) is 8.84. The van der Waals surface area contributed by atoms with Crippen LogP contribution in [-0.2, 0) is 14.8 Å². The molecule has 0 unspecified atom stereocenters. The Bertz CT molecular complexity index is 1100. The van der Waals surface area contributed by atoms with Crippen LogP contribution in [0.5, 0.6) is 11.5 Å². The van der Waals surface area contributed by atoms with E-state index < -0.39 is 10.0 Å². The van der Waals surface area contributed by atoms with Gasteiger partial charge < -0.3 is 18.9 Å². The minimum atomic E-state index is -3.70. The fraction of sp³-hybridized carbons (Fsp3) is 0.565. The Kier molecular flexibility index (Phi) is 6.67. The second-order valence-corrected chi connectivity index (χ2v) is 10.5. The lowest BCUT2D eigenvalue weighted by atomic mass is 9.95. The summed E-state index contributed by atoms with van der Waals surface area (Å²) in [7, 11) is -0.452. The van der Waals surface area contributed by atoms with Crippen LogP contribution in [0.4, 0.5) is 0 Å². The number of piperidine rings is 1. The Balaban J connectivity index is 1.48. The number of carbonyl (C=O) groups is 1. The summed E-state index contributed by atoms with van der Waals surface area (Å²) in [5.41, 5.74) is 1.30. The van der Waals surface area contributed by atoms with Crippen molar-refractivity contribution < 1.29 is 27.2 Å². The van der Waals surface area contributed by atoms with Gasteiger partial charge in [0.05, 0.1) is 20.3 Å². The van der Waals surface area contributed by atoms with E-state index in [0.29, 0.717) is 38.2 Å². The summed E-state index contributed by atoms with van der Waals surface area (Å²) in [6, 6.07) is 5.58. The number of amides is 1. The molecule has 2 fully saturated rings. The molecule has 0 bridgehead atoms. The van der Waals surface area contributed by atoms with Crippen molar-refractivity contribution in [2.75, 3.05) is 33.9 Å². The van der Waals surface area contributed by atoms with Crippen LogP contribution in [0, 0.1) is 19.8 Å². The Morgan fingerprint density at radius 3 is 2.42 bits per heavy atom. The monoisotopic (exact) mass is 477 g/mol. The van der Waals surface area contributed by atoms with Crippen molar-refractivity contribution in [3.63, 3.8) is 0 Å². The summed E-state index contributed by atoms with van der Waals surface area (Å²) in [6.07, 6.45) is 2.74. The van der Waals surface area contributed by atoms with Gasteiger partial charge in [0, 0.05) is 31.1 Å². The van der Waals surface area contributed by atoms with Crippen LogP contribution < -0.4 is 9.47 Å². The van der Waals surface area contributed by atoms with Gasteiger partial charge in [0.1, 0.15) is 22.1 Å². The van der Waals surface area contributed by atoms with Crippen molar-refractivity contribution in [2.24, 2.45) is 5.92 Å². The number of likely N-dealkylation sites (tertiary alicyclic amines) is 1. The lowest BCUT2D eigenvalue weighted by molar-refractivity contribution is -0.137. The van der Waals surface area contributed by atoms with Crippen LogP contribution in [0.1, 0.15) is 48.7 Å². The molecule has 2 aromatic rings. The third-order valence-electron chi connectivity index (χ3n) is 6.70. The smallest absolute Gasteiger partial charge is 0.248 e. The average molecular weight is 478 g/mol. The Morgan fingerprint density at radius 1 is 1.09 bits per heavy atom. The Labute approximate surface area is 194 Å². The van der Waals surface area contributed by atoms with Gasteiger partial charge in [-0.15, -0.1) is 0 Å². The molecule has 1 atom stereocenters. The highest BCUT2D eigenvalue weighted by atomic mass is 32.2. The molecule has 0 N–H and O–H groups in total. The molecule has 180 valence electrons. The Hall–Kier alpha value is -2.59. The van der Waals surface area contributed by atoms with Crippen molar-refractivity contribution in [1.29, 1.82) is 0 Å². The molecule has 2 aliphatic heterocycles. The first kappa shape index (κ1) is 23.6. The summed E-state index contributed by atoms with van der Waals surface area (Å²) >= 11 is 0. The number of nitrogens with zero attached hydrogens (tertiary/aromatic N) is 3. The van der Waals surface area contributed by atoms with Gasteiger partial charge in [0.2, 0.25) is 15.9 Å². The fourth-order valence-corrected chi connectivity index (χ4v) is 6.76. The minimum absolute atomic E-state index is 0.0772. The van der Waals surface area contributed by atoms with E-state index in [1.54, 1.807) is 28.1 Å². The topological polar surface area (TPSA) is 102 Å². The second-order valence-electron chi connectivity index (χ2n) is 8.63. The molecule has 33 heavy (non-hydrogen) atoms. The van der Waals surface area contributed by atoms with Crippen molar-refractivity contribution >= 4 is 15.9 Å². The molecular weight excluding hydrogens is 446 g/mol. The number of aryl methyl sites for hydroxylation is 2. The largest absolute Gasteiger partial charge is 0.497 e. The first-order chi connectivity index (χ1) is 15.8. The lowest BCUT2D eigenvalue weighted by Crippen LogP contribution is -2.44. The van der Waals surface area contributed by atoms with E-state index in [2.05, 4.69) is 5.16 Å². The van der Waals surface area contributed by atoms with Gasteiger partial charge in [-0.1, -0.05) is 5.16 Å².